The van der Waals surface area contributed by atoms with Gasteiger partial charge in [0.05, 0.1) is 12.7 Å². The maximum absolute atomic E-state index is 11.7. The molecular weight excluding hydrogens is 232 g/mol. The molecule has 0 aliphatic heterocycles. The lowest BCUT2D eigenvalue weighted by molar-refractivity contribution is 0.0942. The molecule has 0 saturated heterocycles. The summed E-state index contributed by atoms with van der Waals surface area (Å²) in [6.07, 6.45) is 3.92. The highest BCUT2D eigenvalue weighted by Gasteiger charge is 2.09. The van der Waals surface area contributed by atoms with E-state index in [0.717, 1.165) is 12.2 Å². The van der Waals surface area contributed by atoms with E-state index < -0.39 is 0 Å². The third-order valence-electron chi connectivity index (χ3n) is 2.37. The number of hydrogen-bond acceptors (Lipinski definition) is 5. The second-order valence-electron chi connectivity index (χ2n) is 3.73. The van der Waals surface area contributed by atoms with Crippen LogP contribution < -0.4 is 11.1 Å². The van der Waals surface area contributed by atoms with Crippen molar-refractivity contribution in [2.24, 2.45) is 0 Å². The summed E-state index contributed by atoms with van der Waals surface area (Å²) in [5, 5.41) is 2.67. The van der Waals surface area contributed by atoms with E-state index in [1.807, 2.05) is 6.92 Å². The van der Waals surface area contributed by atoms with Crippen LogP contribution in [0.25, 0.3) is 0 Å². The number of amides is 1. The highest BCUT2D eigenvalue weighted by Crippen LogP contribution is 2.05. The van der Waals surface area contributed by atoms with Crippen LogP contribution in [0.4, 0.5) is 5.69 Å². The topological polar surface area (TPSA) is 94.0 Å². The van der Waals surface area contributed by atoms with Crippen LogP contribution in [0.5, 0.6) is 0 Å². The number of aromatic nitrogens is 2. The summed E-state index contributed by atoms with van der Waals surface area (Å²) in [6.45, 7) is 2.20. The zero-order chi connectivity index (χ0) is 13.0. The molecule has 2 aromatic rings. The van der Waals surface area contributed by atoms with E-state index in [4.69, 9.17) is 10.2 Å². The predicted molar refractivity (Wildman–Crippen MR) is 65.7 cm³/mol. The molecule has 0 aliphatic rings. The Bertz CT molecular complexity index is 551. The number of rotatable bonds is 4. The Morgan fingerprint density at radius 3 is 3.00 bits per heavy atom. The average molecular weight is 246 g/mol. The van der Waals surface area contributed by atoms with Crippen molar-refractivity contribution in [3.63, 3.8) is 0 Å². The Balaban J connectivity index is 1.96. The maximum atomic E-state index is 11.7. The zero-order valence-corrected chi connectivity index (χ0v) is 10.0. The smallest absolute Gasteiger partial charge is 0.270 e. The van der Waals surface area contributed by atoms with Crippen molar-refractivity contribution in [1.82, 2.24) is 15.3 Å². The van der Waals surface area contributed by atoms with Crippen molar-refractivity contribution in [3.05, 3.63) is 41.9 Å². The van der Waals surface area contributed by atoms with Gasteiger partial charge in [-0.2, -0.15) is 0 Å². The fraction of sp³-hybridized carbons (Fsp3) is 0.250. The lowest BCUT2D eigenvalue weighted by Gasteiger charge is -2.02. The van der Waals surface area contributed by atoms with Gasteiger partial charge in [-0.15, -0.1) is 0 Å². The van der Waals surface area contributed by atoms with E-state index in [1.165, 1.54) is 12.3 Å². The second-order valence-corrected chi connectivity index (χ2v) is 3.73. The molecule has 0 bridgehead atoms. The van der Waals surface area contributed by atoms with Gasteiger partial charge in [0.15, 0.2) is 0 Å². The SMILES string of the molecule is CCc1cnc(CNC(=O)c2cc(N)ccn2)o1. The van der Waals surface area contributed by atoms with Crippen molar-refractivity contribution in [3.8, 4) is 0 Å². The number of carbonyl (C=O) groups is 1. The van der Waals surface area contributed by atoms with Gasteiger partial charge in [-0.25, -0.2) is 4.98 Å². The average Bonchev–Trinajstić information content (AvgIpc) is 2.84. The second kappa shape index (κ2) is 5.31. The number of nitrogens with zero attached hydrogens (tertiary/aromatic N) is 2. The van der Waals surface area contributed by atoms with Gasteiger partial charge in [-0.05, 0) is 12.1 Å². The molecule has 6 heteroatoms. The molecule has 2 heterocycles. The Morgan fingerprint density at radius 1 is 1.50 bits per heavy atom. The molecule has 18 heavy (non-hydrogen) atoms. The van der Waals surface area contributed by atoms with Crippen molar-refractivity contribution in [2.75, 3.05) is 5.73 Å². The predicted octanol–water partition coefficient (Wildman–Crippen LogP) is 1.14. The van der Waals surface area contributed by atoms with Gasteiger partial charge in [0.2, 0.25) is 5.89 Å². The first-order chi connectivity index (χ1) is 8.69. The summed E-state index contributed by atoms with van der Waals surface area (Å²) in [5.41, 5.74) is 6.35. The first-order valence-corrected chi connectivity index (χ1v) is 5.62. The number of nitrogen functional groups attached to an aromatic ring is 1. The Labute approximate surface area is 104 Å². The summed E-state index contributed by atoms with van der Waals surface area (Å²) in [7, 11) is 0. The minimum Gasteiger partial charge on any atom is -0.444 e. The molecule has 1 amide bonds. The minimum absolute atomic E-state index is 0.231. The van der Waals surface area contributed by atoms with Crippen molar-refractivity contribution in [2.45, 2.75) is 19.9 Å². The quantitative estimate of drug-likeness (QED) is 0.843. The fourth-order valence-corrected chi connectivity index (χ4v) is 1.41. The summed E-state index contributed by atoms with van der Waals surface area (Å²) in [6, 6.07) is 3.14. The van der Waals surface area contributed by atoms with E-state index in [1.54, 1.807) is 12.3 Å². The van der Waals surface area contributed by atoms with Gasteiger partial charge in [0.1, 0.15) is 11.5 Å². The number of aryl methyl sites for hydroxylation is 1. The summed E-state index contributed by atoms with van der Waals surface area (Å²) in [4.78, 5) is 19.7. The molecule has 0 radical (unpaired) electrons. The van der Waals surface area contributed by atoms with Crippen molar-refractivity contribution < 1.29 is 9.21 Å². The Morgan fingerprint density at radius 2 is 2.33 bits per heavy atom. The van der Waals surface area contributed by atoms with E-state index in [2.05, 4.69) is 15.3 Å². The molecule has 6 nitrogen and oxygen atoms in total. The van der Waals surface area contributed by atoms with Gasteiger partial charge in [-0.1, -0.05) is 6.92 Å². The Hall–Kier alpha value is -2.37. The molecule has 0 atom stereocenters. The van der Waals surface area contributed by atoms with Crippen LogP contribution in [0.2, 0.25) is 0 Å². The molecule has 3 N–H and O–H groups in total. The van der Waals surface area contributed by atoms with Gasteiger partial charge >= 0.3 is 0 Å². The monoisotopic (exact) mass is 246 g/mol. The lowest BCUT2D eigenvalue weighted by atomic mass is 10.3. The van der Waals surface area contributed by atoms with E-state index in [0.29, 0.717) is 11.6 Å². The van der Waals surface area contributed by atoms with Crippen molar-refractivity contribution >= 4 is 11.6 Å². The zero-order valence-electron chi connectivity index (χ0n) is 10.0. The van der Waals surface area contributed by atoms with Crippen LogP contribution in [-0.4, -0.2) is 15.9 Å². The summed E-state index contributed by atoms with van der Waals surface area (Å²) in [5.74, 6) is 0.962. The molecule has 94 valence electrons. The van der Waals surface area contributed by atoms with Gasteiger partial charge in [0, 0.05) is 18.3 Å². The number of oxazole rings is 1. The molecule has 2 aromatic heterocycles. The number of anilines is 1. The van der Waals surface area contributed by atoms with Crippen LogP contribution in [0.3, 0.4) is 0 Å². The van der Waals surface area contributed by atoms with Crippen LogP contribution in [-0.2, 0) is 13.0 Å². The fourth-order valence-electron chi connectivity index (χ4n) is 1.41. The minimum atomic E-state index is -0.307. The molecule has 2 rings (SSSR count). The van der Waals surface area contributed by atoms with E-state index >= 15 is 0 Å². The maximum Gasteiger partial charge on any atom is 0.270 e. The van der Waals surface area contributed by atoms with Crippen LogP contribution in [0, 0.1) is 0 Å². The molecule has 0 aliphatic carbocycles. The highest BCUT2D eigenvalue weighted by atomic mass is 16.4. The molecule has 0 spiro atoms. The number of pyridine rings is 1. The van der Waals surface area contributed by atoms with E-state index in [9.17, 15) is 4.79 Å². The van der Waals surface area contributed by atoms with Crippen LogP contribution >= 0.6 is 0 Å². The molecular formula is C12H14N4O2. The van der Waals surface area contributed by atoms with Gasteiger partial charge in [-0.3, -0.25) is 9.78 Å². The third-order valence-corrected chi connectivity index (χ3v) is 2.37. The first-order valence-electron chi connectivity index (χ1n) is 5.62. The summed E-state index contributed by atoms with van der Waals surface area (Å²) < 4.78 is 5.37. The molecule has 0 aromatic carbocycles. The van der Waals surface area contributed by atoms with Crippen LogP contribution in [0.15, 0.2) is 28.9 Å². The molecule has 0 unspecified atom stereocenters. The molecule has 0 saturated carbocycles. The van der Waals surface area contributed by atoms with Gasteiger partial charge < -0.3 is 15.5 Å². The largest absolute Gasteiger partial charge is 0.444 e. The van der Waals surface area contributed by atoms with Gasteiger partial charge in [0.25, 0.3) is 5.91 Å². The first kappa shape index (κ1) is 12.1. The molecule has 0 fully saturated rings. The van der Waals surface area contributed by atoms with Crippen molar-refractivity contribution in [1.29, 1.82) is 0 Å². The highest BCUT2D eigenvalue weighted by molar-refractivity contribution is 5.92. The Kier molecular flexibility index (Phi) is 3.57. The standard InChI is InChI=1S/C12H14N4O2/c1-2-9-6-15-11(18-9)7-16-12(17)10-5-8(13)3-4-14-10/h3-6H,2,7H2,1H3,(H2,13,14)(H,16,17). The van der Waals surface area contributed by atoms with Crippen LogP contribution in [0.1, 0.15) is 29.1 Å². The summed E-state index contributed by atoms with van der Waals surface area (Å²) >= 11 is 0. The number of carbonyl (C=O) groups excluding carboxylic acids is 1. The third kappa shape index (κ3) is 2.85. The number of hydrogen-bond donors (Lipinski definition) is 2. The lowest BCUT2D eigenvalue weighted by Crippen LogP contribution is -2.24. The normalized spacial score (nSPS) is 10.3. The number of nitrogens with one attached hydrogen (secondary N) is 1. The van der Waals surface area contributed by atoms with E-state index in [-0.39, 0.29) is 18.1 Å². The number of nitrogens with two attached hydrogens (primary N) is 1.